The summed E-state index contributed by atoms with van der Waals surface area (Å²) in [7, 11) is 2.22. The van der Waals surface area contributed by atoms with Crippen LogP contribution in [-0.4, -0.2) is 29.5 Å². The van der Waals surface area contributed by atoms with Crippen LogP contribution < -0.4 is 5.32 Å². The van der Waals surface area contributed by atoms with E-state index < -0.39 is 0 Å². The van der Waals surface area contributed by atoms with Gasteiger partial charge in [-0.2, -0.15) is 0 Å². The summed E-state index contributed by atoms with van der Waals surface area (Å²) in [6, 6.07) is 5.39. The molecular weight excluding hydrogens is 222 g/mol. The summed E-state index contributed by atoms with van der Waals surface area (Å²) in [4.78, 5) is 6.99. The molecule has 3 nitrogen and oxygen atoms in total. The molecule has 1 aromatic heterocycles. The average molecular weight is 247 g/mol. The molecule has 0 spiro atoms. The summed E-state index contributed by atoms with van der Waals surface area (Å²) in [5, 5.41) is 3.41. The van der Waals surface area contributed by atoms with E-state index in [0.29, 0.717) is 12.1 Å². The third kappa shape index (κ3) is 3.22. The van der Waals surface area contributed by atoms with Crippen LogP contribution in [0, 0.1) is 0 Å². The van der Waals surface area contributed by atoms with Crippen molar-refractivity contribution in [2.24, 2.45) is 0 Å². The van der Waals surface area contributed by atoms with Gasteiger partial charge in [-0.25, -0.2) is 4.98 Å². The van der Waals surface area contributed by atoms with Crippen LogP contribution in [0.1, 0.15) is 51.1 Å². The van der Waals surface area contributed by atoms with Crippen molar-refractivity contribution in [2.45, 2.75) is 51.6 Å². The first-order valence-corrected chi connectivity index (χ1v) is 7.13. The van der Waals surface area contributed by atoms with E-state index in [1.807, 2.05) is 6.20 Å². The fraction of sp³-hybridized carbons (Fsp3) is 0.667. The summed E-state index contributed by atoms with van der Waals surface area (Å²) in [6.45, 7) is 5.57. The number of nitrogens with zero attached hydrogens (tertiary/aromatic N) is 2. The van der Waals surface area contributed by atoms with E-state index in [0.717, 1.165) is 12.2 Å². The number of rotatable bonds is 4. The monoisotopic (exact) mass is 247 g/mol. The number of anilines is 1. The van der Waals surface area contributed by atoms with Crippen molar-refractivity contribution in [1.82, 2.24) is 9.88 Å². The van der Waals surface area contributed by atoms with Gasteiger partial charge in [0.05, 0.1) is 0 Å². The highest BCUT2D eigenvalue weighted by Crippen LogP contribution is 2.29. The lowest BCUT2D eigenvalue weighted by atomic mass is 9.97. The Balaban J connectivity index is 2.02. The highest BCUT2D eigenvalue weighted by atomic mass is 15.1. The largest absolute Gasteiger partial charge is 0.368 e. The molecular formula is C15H25N3. The van der Waals surface area contributed by atoms with Crippen LogP contribution in [0.4, 0.5) is 5.82 Å². The number of nitrogens with one attached hydrogen (secondary N) is 1. The Morgan fingerprint density at radius 3 is 2.89 bits per heavy atom. The Morgan fingerprint density at radius 1 is 1.44 bits per heavy atom. The maximum absolute atomic E-state index is 4.54. The Labute approximate surface area is 111 Å². The van der Waals surface area contributed by atoms with Gasteiger partial charge in [-0.15, -0.1) is 0 Å². The van der Waals surface area contributed by atoms with Gasteiger partial charge in [0, 0.05) is 18.3 Å². The van der Waals surface area contributed by atoms with E-state index in [4.69, 9.17) is 0 Å². The van der Waals surface area contributed by atoms with Gasteiger partial charge >= 0.3 is 0 Å². The molecule has 3 heteroatoms. The predicted octanol–water partition coefficient (Wildman–Crippen LogP) is 3.45. The average Bonchev–Trinajstić information content (AvgIpc) is 2.40. The Bertz CT molecular complexity index is 361. The van der Waals surface area contributed by atoms with Gasteiger partial charge in [0.25, 0.3) is 0 Å². The Kier molecular flexibility index (Phi) is 4.59. The number of hydrogen-bond donors (Lipinski definition) is 1. The first-order chi connectivity index (χ1) is 8.70. The van der Waals surface area contributed by atoms with Gasteiger partial charge in [-0.3, -0.25) is 4.90 Å². The highest BCUT2D eigenvalue weighted by Gasteiger charge is 2.20. The van der Waals surface area contributed by atoms with Crippen molar-refractivity contribution in [1.29, 1.82) is 0 Å². The Hall–Kier alpha value is -1.09. The van der Waals surface area contributed by atoms with Crippen LogP contribution in [0.3, 0.4) is 0 Å². The van der Waals surface area contributed by atoms with Crippen molar-refractivity contribution in [3.63, 3.8) is 0 Å². The number of likely N-dealkylation sites (tertiary alicyclic amines) is 1. The quantitative estimate of drug-likeness (QED) is 0.883. The van der Waals surface area contributed by atoms with Crippen LogP contribution in [-0.2, 0) is 0 Å². The fourth-order valence-electron chi connectivity index (χ4n) is 2.54. The van der Waals surface area contributed by atoms with E-state index >= 15 is 0 Å². The molecule has 1 fully saturated rings. The van der Waals surface area contributed by atoms with Crippen molar-refractivity contribution in [2.75, 3.05) is 18.9 Å². The third-order valence-electron chi connectivity index (χ3n) is 3.95. The lowest BCUT2D eigenvalue weighted by Crippen LogP contribution is -2.29. The van der Waals surface area contributed by atoms with Gasteiger partial charge in [0.1, 0.15) is 5.82 Å². The molecule has 2 heterocycles. The zero-order valence-corrected chi connectivity index (χ0v) is 11.8. The van der Waals surface area contributed by atoms with Gasteiger partial charge < -0.3 is 5.32 Å². The van der Waals surface area contributed by atoms with Gasteiger partial charge in [0.2, 0.25) is 0 Å². The normalized spacial score (nSPS) is 22.7. The molecule has 2 atom stereocenters. The lowest BCUT2D eigenvalue weighted by Gasteiger charge is -2.32. The molecule has 1 aliphatic heterocycles. The second kappa shape index (κ2) is 6.19. The number of aromatic nitrogens is 1. The molecule has 0 aliphatic carbocycles. The van der Waals surface area contributed by atoms with Crippen LogP contribution in [0.15, 0.2) is 18.3 Å². The highest BCUT2D eigenvalue weighted by molar-refractivity contribution is 5.37. The molecule has 0 amide bonds. The summed E-state index contributed by atoms with van der Waals surface area (Å²) < 4.78 is 0. The van der Waals surface area contributed by atoms with E-state index in [2.05, 4.69) is 48.2 Å². The van der Waals surface area contributed by atoms with Crippen molar-refractivity contribution >= 4 is 5.82 Å². The van der Waals surface area contributed by atoms with Gasteiger partial charge in [-0.05, 0) is 51.4 Å². The minimum atomic E-state index is 0.487. The summed E-state index contributed by atoms with van der Waals surface area (Å²) >= 11 is 0. The summed E-state index contributed by atoms with van der Waals surface area (Å²) in [5.74, 6) is 0.992. The fourth-order valence-corrected chi connectivity index (χ4v) is 2.54. The molecule has 0 unspecified atom stereocenters. The van der Waals surface area contributed by atoms with Crippen LogP contribution in [0.5, 0.6) is 0 Å². The number of pyridine rings is 1. The molecule has 0 saturated carbocycles. The van der Waals surface area contributed by atoms with Gasteiger partial charge in [0.15, 0.2) is 0 Å². The number of hydrogen-bond acceptors (Lipinski definition) is 3. The minimum Gasteiger partial charge on any atom is -0.368 e. The smallest absolute Gasteiger partial charge is 0.126 e. The van der Waals surface area contributed by atoms with Crippen LogP contribution in [0.2, 0.25) is 0 Å². The Morgan fingerprint density at radius 2 is 2.28 bits per heavy atom. The predicted molar refractivity (Wildman–Crippen MR) is 76.8 cm³/mol. The van der Waals surface area contributed by atoms with Crippen molar-refractivity contribution in [3.8, 4) is 0 Å². The molecule has 0 bridgehead atoms. The van der Waals surface area contributed by atoms with Gasteiger partial charge in [-0.1, -0.05) is 19.4 Å². The maximum Gasteiger partial charge on any atom is 0.126 e. The minimum absolute atomic E-state index is 0.487. The second-order valence-corrected chi connectivity index (χ2v) is 5.42. The molecule has 0 radical (unpaired) electrons. The topological polar surface area (TPSA) is 28.2 Å². The lowest BCUT2D eigenvalue weighted by molar-refractivity contribution is 0.187. The first kappa shape index (κ1) is 13.3. The third-order valence-corrected chi connectivity index (χ3v) is 3.95. The molecule has 100 valence electrons. The molecule has 2 rings (SSSR count). The molecule has 1 aliphatic rings. The summed E-state index contributed by atoms with van der Waals surface area (Å²) in [5.41, 5.74) is 1.35. The maximum atomic E-state index is 4.54. The molecule has 0 aromatic carbocycles. The van der Waals surface area contributed by atoms with E-state index in [1.165, 1.54) is 31.4 Å². The van der Waals surface area contributed by atoms with Crippen molar-refractivity contribution in [3.05, 3.63) is 23.9 Å². The van der Waals surface area contributed by atoms with Crippen LogP contribution >= 0.6 is 0 Å². The zero-order valence-electron chi connectivity index (χ0n) is 11.8. The first-order valence-electron chi connectivity index (χ1n) is 7.13. The molecule has 1 N–H and O–H groups in total. The molecule has 1 saturated heterocycles. The van der Waals surface area contributed by atoms with E-state index in [1.54, 1.807) is 0 Å². The molecule has 18 heavy (non-hydrogen) atoms. The number of piperidine rings is 1. The SMILES string of the molecule is CC[C@@H](C)Nc1ccc([C@H]2CCCCN2C)cn1. The zero-order chi connectivity index (χ0) is 13.0. The van der Waals surface area contributed by atoms with E-state index in [9.17, 15) is 0 Å². The van der Waals surface area contributed by atoms with Crippen molar-refractivity contribution < 1.29 is 0 Å². The summed E-state index contributed by atoms with van der Waals surface area (Å²) in [6.07, 6.45) is 7.08. The molecule has 1 aromatic rings. The second-order valence-electron chi connectivity index (χ2n) is 5.42. The van der Waals surface area contributed by atoms with E-state index in [-0.39, 0.29) is 0 Å². The standard InChI is InChI=1S/C15H25N3/c1-4-12(2)17-15-9-8-13(11-16-15)14-7-5-6-10-18(14)3/h8-9,11-12,14H,4-7,10H2,1-3H3,(H,16,17)/t12-,14-/m1/s1. The van der Waals surface area contributed by atoms with Crippen LogP contribution in [0.25, 0.3) is 0 Å².